The molecular weight excluding hydrogens is 342 g/mol. The quantitative estimate of drug-likeness (QED) is 0.537. The number of hydrogen-bond donors (Lipinski definition) is 2. The second kappa shape index (κ2) is 7.95. The van der Waals surface area contributed by atoms with Crippen molar-refractivity contribution in [3.63, 3.8) is 0 Å². The molecular formula is C17H27N3O4S. The fraction of sp³-hybridized carbons (Fsp3) is 0.588. The first-order chi connectivity index (χ1) is 11.8. The van der Waals surface area contributed by atoms with Crippen LogP contribution < -0.4 is 20.1 Å². The lowest BCUT2D eigenvalue weighted by Gasteiger charge is -2.18. The van der Waals surface area contributed by atoms with Gasteiger partial charge in [0, 0.05) is 37.0 Å². The monoisotopic (exact) mass is 369 g/mol. The highest BCUT2D eigenvalue weighted by atomic mass is 32.2. The number of nitrogens with zero attached hydrogens (tertiary/aromatic N) is 1. The van der Waals surface area contributed by atoms with Crippen LogP contribution in [0, 0.1) is 5.41 Å². The summed E-state index contributed by atoms with van der Waals surface area (Å²) in [6, 6.07) is 5.55. The summed E-state index contributed by atoms with van der Waals surface area (Å²) in [7, 11) is 0.289. The molecule has 0 atom stereocenters. The van der Waals surface area contributed by atoms with Crippen LogP contribution in [0.3, 0.4) is 0 Å². The van der Waals surface area contributed by atoms with Gasteiger partial charge in [-0.1, -0.05) is 0 Å². The topological polar surface area (TPSA) is 89.0 Å². The molecule has 1 aromatic carbocycles. The third-order valence-corrected chi connectivity index (χ3v) is 5.24. The molecule has 25 heavy (non-hydrogen) atoms. The predicted octanol–water partition coefficient (Wildman–Crippen LogP) is 1.91. The van der Waals surface area contributed by atoms with Crippen molar-refractivity contribution in [2.75, 3.05) is 44.6 Å². The van der Waals surface area contributed by atoms with Gasteiger partial charge in [-0.15, -0.1) is 0 Å². The summed E-state index contributed by atoms with van der Waals surface area (Å²) >= 11 is 0. The summed E-state index contributed by atoms with van der Waals surface area (Å²) in [5.41, 5.74) is 0.642. The lowest BCUT2D eigenvalue weighted by Crippen LogP contribution is -2.37. The van der Waals surface area contributed by atoms with Gasteiger partial charge in [0.15, 0.2) is 17.5 Å². The van der Waals surface area contributed by atoms with Gasteiger partial charge in [0.25, 0.3) is 0 Å². The predicted molar refractivity (Wildman–Crippen MR) is 101 cm³/mol. The minimum absolute atomic E-state index is 0.165. The fourth-order valence-corrected chi connectivity index (χ4v) is 4.22. The average molecular weight is 369 g/mol. The van der Waals surface area contributed by atoms with E-state index >= 15 is 0 Å². The summed E-state index contributed by atoms with van der Waals surface area (Å²) in [4.78, 5) is 4.20. The third kappa shape index (κ3) is 5.81. The number of anilines is 1. The highest BCUT2D eigenvalue weighted by Gasteiger charge is 2.45. The van der Waals surface area contributed by atoms with Crippen molar-refractivity contribution in [3.05, 3.63) is 18.2 Å². The minimum atomic E-state index is -2.98. The first-order valence-corrected chi connectivity index (χ1v) is 10.3. The summed E-state index contributed by atoms with van der Waals surface area (Å²) in [5, 5.41) is 6.41. The lowest BCUT2D eigenvalue weighted by atomic mass is 10.1. The van der Waals surface area contributed by atoms with Crippen molar-refractivity contribution in [1.29, 1.82) is 0 Å². The van der Waals surface area contributed by atoms with Crippen LogP contribution >= 0.6 is 0 Å². The van der Waals surface area contributed by atoms with Gasteiger partial charge in [0.05, 0.1) is 19.5 Å². The number of methoxy groups -OCH3 is 1. The normalized spacial score (nSPS) is 16.2. The Morgan fingerprint density at radius 1 is 1.32 bits per heavy atom. The van der Waals surface area contributed by atoms with E-state index in [9.17, 15) is 8.42 Å². The summed E-state index contributed by atoms with van der Waals surface area (Å²) in [6.45, 7) is 3.06. The molecule has 140 valence electrons. The molecule has 0 amide bonds. The molecule has 0 bridgehead atoms. The molecule has 0 unspecified atom stereocenters. The molecule has 0 spiro atoms. The van der Waals surface area contributed by atoms with E-state index in [1.165, 1.54) is 6.26 Å². The average Bonchev–Trinajstić information content (AvgIpc) is 3.30. The molecule has 1 saturated carbocycles. The van der Waals surface area contributed by atoms with Crippen LogP contribution in [0.5, 0.6) is 11.5 Å². The maximum absolute atomic E-state index is 11.5. The number of sulfone groups is 1. The van der Waals surface area contributed by atoms with E-state index in [2.05, 4.69) is 15.6 Å². The highest BCUT2D eigenvalue weighted by Crippen LogP contribution is 2.46. The van der Waals surface area contributed by atoms with E-state index in [0.717, 1.165) is 18.5 Å². The largest absolute Gasteiger partial charge is 0.493 e. The van der Waals surface area contributed by atoms with Crippen molar-refractivity contribution < 1.29 is 17.9 Å². The summed E-state index contributed by atoms with van der Waals surface area (Å²) in [5.74, 6) is 2.12. The number of aliphatic imine (C=N–C) groups is 1. The molecule has 0 aliphatic heterocycles. The van der Waals surface area contributed by atoms with Gasteiger partial charge in [0.2, 0.25) is 0 Å². The third-order valence-electron chi connectivity index (χ3n) is 4.11. The zero-order chi connectivity index (χ0) is 18.5. The van der Waals surface area contributed by atoms with Crippen LogP contribution in [-0.2, 0) is 9.84 Å². The summed E-state index contributed by atoms with van der Waals surface area (Å²) in [6.07, 6.45) is 3.12. The second-order valence-electron chi connectivity index (χ2n) is 6.42. The van der Waals surface area contributed by atoms with Gasteiger partial charge in [0.1, 0.15) is 9.84 Å². The standard InChI is InChI=1S/C17H27N3O4S/c1-5-24-14-7-6-13(10-15(14)23-3)20-16(18-2)19-11-17(8-9-17)12-25(4,21)22/h6-7,10H,5,8-9,11-12H2,1-4H3,(H2,18,19,20). The molecule has 1 aliphatic carbocycles. The van der Waals surface area contributed by atoms with Gasteiger partial charge in [-0.25, -0.2) is 8.42 Å². The van der Waals surface area contributed by atoms with E-state index in [0.29, 0.717) is 30.6 Å². The van der Waals surface area contributed by atoms with Crippen LogP contribution in [0.15, 0.2) is 23.2 Å². The molecule has 0 heterocycles. The van der Waals surface area contributed by atoms with Gasteiger partial charge >= 0.3 is 0 Å². The van der Waals surface area contributed by atoms with Crippen molar-refractivity contribution in [1.82, 2.24) is 5.32 Å². The molecule has 1 fully saturated rings. The molecule has 1 aliphatic rings. The summed E-state index contributed by atoms with van der Waals surface area (Å²) < 4.78 is 33.9. The zero-order valence-corrected chi connectivity index (χ0v) is 16.1. The Morgan fingerprint density at radius 2 is 2.04 bits per heavy atom. The van der Waals surface area contributed by atoms with E-state index in [4.69, 9.17) is 9.47 Å². The maximum Gasteiger partial charge on any atom is 0.195 e. The fourth-order valence-electron chi connectivity index (χ4n) is 2.71. The first kappa shape index (κ1) is 19.4. The van der Waals surface area contributed by atoms with Crippen LogP contribution in [0.1, 0.15) is 19.8 Å². The molecule has 2 N–H and O–H groups in total. The Morgan fingerprint density at radius 3 is 2.56 bits per heavy atom. The highest BCUT2D eigenvalue weighted by molar-refractivity contribution is 7.90. The van der Waals surface area contributed by atoms with Crippen LogP contribution in [-0.4, -0.2) is 53.7 Å². The van der Waals surface area contributed by atoms with Crippen molar-refractivity contribution in [3.8, 4) is 11.5 Å². The Balaban J connectivity index is 1.98. The Hall–Kier alpha value is -1.96. The van der Waals surface area contributed by atoms with E-state index in [-0.39, 0.29) is 11.2 Å². The molecule has 2 rings (SSSR count). The van der Waals surface area contributed by atoms with E-state index in [1.807, 2.05) is 25.1 Å². The molecule has 0 saturated heterocycles. The SMILES string of the molecule is CCOc1ccc(NC(=NC)NCC2(CS(C)(=O)=O)CC2)cc1OC. The molecule has 8 heteroatoms. The van der Waals surface area contributed by atoms with Crippen molar-refractivity contribution >= 4 is 21.5 Å². The van der Waals surface area contributed by atoms with Crippen molar-refractivity contribution in [2.24, 2.45) is 10.4 Å². The molecule has 1 aromatic rings. The lowest BCUT2D eigenvalue weighted by molar-refractivity contribution is 0.311. The molecule has 7 nitrogen and oxygen atoms in total. The van der Waals surface area contributed by atoms with Gasteiger partial charge in [-0.3, -0.25) is 4.99 Å². The Kier molecular flexibility index (Phi) is 6.16. The van der Waals surface area contributed by atoms with E-state index in [1.54, 1.807) is 14.2 Å². The number of rotatable bonds is 8. The van der Waals surface area contributed by atoms with Crippen LogP contribution in [0.25, 0.3) is 0 Å². The Labute approximate surface area is 149 Å². The van der Waals surface area contributed by atoms with Gasteiger partial charge in [-0.2, -0.15) is 0 Å². The number of nitrogens with one attached hydrogen (secondary N) is 2. The second-order valence-corrected chi connectivity index (χ2v) is 8.56. The smallest absolute Gasteiger partial charge is 0.195 e. The first-order valence-electron chi connectivity index (χ1n) is 8.27. The minimum Gasteiger partial charge on any atom is -0.493 e. The van der Waals surface area contributed by atoms with Crippen molar-refractivity contribution in [2.45, 2.75) is 19.8 Å². The van der Waals surface area contributed by atoms with E-state index < -0.39 is 9.84 Å². The number of hydrogen-bond acceptors (Lipinski definition) is 5. The van der Waals surface area contributed by atoms with Gasteiger partial charge < -0.3 is 20.1 Å². The maximum atomic E-state index is 11.5. The number of guanidine groups is 1. The van der Waals surface area contributed by atoms with Crippen LogP contribution in [0.4, 0.5) is 5.69 Å². The van der Waals surface area contributed by atoms with Crippen LogP contribution in [0.2, 0.25) is 0 Å². The Bertz CT molecular complexity index is 727. The number of benzene rings is 1. The molecule has 0 aromatic heterocycles. The number of ether oxygens (including phenoxy) is 2. The zero-order valence-electron chi connectivity index (χ0n) is 15.3. The van der Waals surface area contributed by atoms with Gasteiger partial charge in [-0.05, 0) is 31.9 Å². The molecule has 0 radical (unpaired) electrons.